The number of hydrogen-bond donors (Lipinski definition) is 1. The van der Waals surface area contributed by atoms with Crippen LogP contribution in [0.4, 0.5) is 0 Å². The summed E-state index contributed by atoms with van der Waals surface area (Å²) in [5, 5.41) is 3.79. The molecule has 1 N–H and O–H groups in total. The van der Waals surface area contributed by atoms with Crippen LogP contribution in [0, 0.1) is 0 Å². The highest BCUT2D eigenvalue weighted by molar-refractivity contribution is 8.00. The number of rotatable bonds is 4. The van der Waals surface area contributed by atoms with Crippen molar-refractivity contribution in [3.8, 4) is 11.5 Å². The third-order valence-electron chi connectivity index (χ3n) is 3.20. The van der Waals surface area contributed by atoms with E-state index in [1.54, 1.807) is 0 Å². The SMILES string of the molecule is CNC(C)C(C)Sc1ccc2c(c1)OCCCO2. The summed E-state index contributed by atoms with van der Waals surface area (Å²) in [6.45, 7) is 5.91. The monoisotopic (exact) mass is 267 g/mol. The van der Waals surface area contributed by atoms with Gasteiger partial charge in [-0.3, -0.25) is 0 Å². The van der Waals surface area contributed by atoms with Gasteiger partial charge in [0.1, 0.15) is 0 Å². The molecule has 100 valence electrons. The first-order valence-electron chi connectivity index (χ1n) is 6.44. The van der Waals surface area contributed by atoms with Gasteiger partial charge in [-0.15, -0.1) is 11.8 Å². The second-order valence-corrected chi connectivity index (χ2v) is 6.01. The van der Waals surface area contributed by atoms with E-state index in [1.807, 2.05) is 24.9 Å². The Morgan fingerprint density at radius 2 is 1.89 bits per heavy atom. The maximum Gasteiger partial charge on any atom is 0.162 e. The number of hydrogen-bond acceptors (Lipinski definition) is 4. The van der Waals surface area contributed by atoms with Gasteiger partial charge in [0.2, 0.25) is 0 Å². The third-order valence-corrected chi connectivity index (χ3v) is 4.51. The Bertz CT molecular complexity index is 397. The highest BCUT2D eigenvalue weighted by Crippen LogP contribution is 2.35. The van der Waals surface area contributed by atoms with Gasteiger partial charge in [0.25, 0.3) is 0 Å². The minimum atomic E-state index is 0.478. The van der Waals surface area contributed by atoms with Crippen LogP contribution in [0.3, 0.4) is 0 Å². The Kier molecular flexibility index (Phi) is 4.78. The van der Waals surface area contributed by atoms with Gasteiger partial charge in [0, 0.05) is 22.6 Å². The quantitative estimate of drug-likeness (QED) is 0.850. The molecule has 1 aliphatic rings. The van der Waals surface area contributed by atoms with Crippen molar-refractivity contribution in [1.82, 2.24) is 5.32 Å². The van der Waals surface area contributed by atoms with Crippen molar-refractivity contribution in [2.24, 2.45) is 0 Å². The lowest BCUT2D eigenvalue weighted by Gasteiger charge is -2.19. The first kappa shape index (κ1) is 13.6. The molecular formula is C14H21NO2S. The molecule has 0 radical (unpaired) electrons. The van der Waals surface area contributed by atoms with Crippen LogP contribution in [-0.2, 0) is 0 Å². The van der Waals surface area contributed by atoms with Gasteiger partial charge in [-0.2, -0.15) is 0 Å². The number of nitrogens with one attached hydrogen (secondary N) is 1. The van der Waals surface area contributed by atoms with Crippen LogP contribution in [0.25, 0.3) is 0 Å². The summed E-state index contributed by atoms with van der Waals surface area (Å²) in [4.78, 5) is 1.23. The molecule has 1 heterocycles. The fourth-order valence-corrected chi connectivity index (χ4v) is 2.86. The molecule has 2 atom stereocenters. The maximum absolute atomic E-state index is 5.70. The number of ether oxygens (including phenoxy) is 2. The zero-order chi connectivity index (χ0) is 13.0. The zero-order valence-corrected chi connectivity index (χ0v) is 12.0. The first-order chi connectivity index (χ1) is 8.70. The molecule has 3 nitrogen and oxygen atoms in total. The predicted molar refractivity (Wildman–Crippen MR) is 75.9 cm³/mol. The van der Waals surface area contributed by atoms with Crippen LogP contribution in [-0.4, -0.2) is 31.6 Å². The van der Waals surface area contributed by atoms with Crippen molar-refractivity contribution in [2.75, 3.05) is 20.3 Å². The van der Waals surface area contributed by atoms with E-state index in [4.69, 9.17) is 9.47 Å². The van der Waals surface area contributed by atoms with Crippen LogP contribution in [0.5, 0.6) is 11.5 Å². The van der Waals surface area contributed by atoms with Gasteiger partial charge in [0.05, 0.1) is 13.2 Å². The van der Waals surface area contributed by atoms with Crippen LogP contribution >= 0.6 is 11.8 Å². The van der Waals surface area contributed by atoms with Crippen LogP contribution in [0.15, 0.2) is 23.1 Å². The molecule has 2 rings (SSSR count). The summed E-state index contributed by atoms with van der Waals surface area (Å²) < 4.78 is 11.3. The van der Waals surface area contributed by atoms with Crippen molar-refractivity contribution in [1.29, 1.82) is 0 Å². The molecule has 0 spiro atoms. The van der Waals surface area contributed by atoms with Crippen LogP contribution in [0.1, 0.15) is 20.3 Å². The summed E-state index contributed by atoms with van der Waals surface area (Å²) >= 11 is 1.86. The Balaban J connectivity index is 2.08. The molecular weight excluding hydrogens is 246 g/mol. The zero-order valence-electron chi connectivity index (χ0n) is 11.2. The number of fused-ring (bicyclic) bond motifs is 1. The smallest absolute Gasteiger partial charge is 0.162 e. The molecule has 0 saturated heterocycles. The standard InChI is InChI=1S/C14H21NO2S/c1-10(15-3)11(2)18-12-5-6-13-14(9-12)17-8-4-7-16-13/h5-6,9-11,15H,4,7-8H2,1-3H3. The fraction of sp³-hybridized carbons (Fsp3) is 0.571. The summed E-state index contributed by atoms with van der Waals surface area (Å²) in [7, 11) is 2.00. The van der Waals surface area contributed by atoms with E-state index in [9.17, 15) is 0 Å². The minimum Gasteiger partial charge on any atom is -0.490 e. The molecule has 0 saturated carbocycles. The minimum absolute atomic E-state index is 0.478. The summed E-state index contributed by atoms with van der Waals surface area (Å²) in [5.74, 6) is 1.74. The van der Waals surface area contributed by atoms with Gasteiger partial charge < -0.3 is 14.8 Å². The average molecular weight is 267 g/mol. The van der Waals surface area contributed by atoms with Crippen molar-refractivity contribution in [3.63, 3.8) is 0 Å². The second-order valence-electron chi connectivity index (χ2n) is 4.56. The molecule has 0 aromatic heterocycles. The van der Waals surface area contributed by atoms with E-state index < -0.39 is 0 Å². The average Bonchev–Trinajstić information content (AvgIpc) is 2.62. The molecule has 2 unspecified atom stereocenters. The second kappa shape index (κ2) is 6.34. The number of benzene rings is 1. The van der Waals surface area contributed by atoms with Gasteiger partial charge in [-0.25, -0.2) is 0 Å². The van der Waals surface area contributed by atoms with E-state index in [1.165, 1.54) is 4.90 Å². The third kappa shape index (κ3) is 3.33. The molecule has 0 fully saturated rings. The van der Waals surface area contributed by atoms with Crippen molar-refractivity contribution in [2.45, 2.75) is 36.5 Å². The maximum atomic E-state index is 5.70. The van der Waals surface area contributed by atoms with Crippen molar-refractivity contribution >= 4 is 11.8 Å². The molecule has 0 bridgehead atoms. The first-order valence-corrected chi connectivity index (χ1v) is 7.32. The highest BCUT2D eigenvalue weighted by Gasteiger charge is 2.15. The molecule has 4 heteroatoms. The van der Waals surface area contributed by atoms with Crippen LogP contribution < -0.4 is 14.8 Å². The normalized spacial score (nSPS) is 17.9. The highest BCUT2D eigenvalue weighted by atomic mass is 32.2. The lowest BCUT2D eigenvalue weighted by molar-refractivity contribution is 0.297. The Hall–Kier alpha value is -0.870. The Labute approximate surface area is 113 Å². The van der Waals surface area contributed by atoms with E-state index in [0.717, 1.165) is 31.1 Å². The van der Waals surface area contributed by atoms with Gasteiger partial charge in [-0.05, 0) is 32.2 Å². The van der Waals surface area contributed by atoms with Crippen molar-refractivity contribution in [3.05, 3.63) is 18.2 Å². The van der Waals surface area contributed by atoms with Crippen molar-refractivity contribution < 1.29 is 9.47 Å². The molecule has 1 aromatic carbocycles. The van der Waals surface area contributed by atoms with E-state index in [-0.39, 0.29) is 0 Å². The molecule has 1 aromatic rings. The van der Waals surface area contributed by atoms with E-state index in [0.29, 0.717) is 11.3 Å². The molecule has 1 aliphatic heterocycles. The van der Waals surface area contributed by atoms with E-state index >= 15 is 0 Å². The lowest BCUT2D eigenvalue weighted by Crippen LogP contribution is -2.30. The molecule has 0 amide bonds. The lowest BCUT2D eigenvalue weighted by atomic mass is 10.3. The molecule has 18 heavy (non-hydrogen) atoms. The number of thioether (sulfide) groups is 1. The Morgan fingerprint density at radius 1 is 1.17 bits per heavy atom. The summed E-state index contributed by atoms with van der Waals surface area (Å²) in [6, 6.07) is 6.69. The van der Waals surface area contributed by atoms with Gasteiger partial charge in [-0.1, -0.05) is 6.92 Å². The Morgan fingerprint density at radius 3 is 2.61 bits per heavy atom. The predicted octanol–water partition coefficient (Wildman–Crippen LogP) is 2.94. The van der Waals surface area contributed by atoms with Crippen LogP contribution in [0.2, 0.25) is 0 Å². The molecule has 0 aliphatic carbocycles. The van der Waals surface area contributed by atoms with Gasteiger partial charge in [0.15, 0.2) is 11.5 Å². The summed E-state index contributed by atoms with van der Waals surface area (Å²) in [6.07, 6.45) is 0.949. The van der Waals surface area contributed by atoms with Gasteiger partial charge >= 0.3 is 0 Å². The topological polar surface area (TPSA) is 30.5 Å². The fourth-order valence-electron chi connectivity index (χ4n) is 1.77. The largest absolute Gasteiger partial charge is 0.490 e. The van der Waals surface area contributed by atoms with E-state index in [2.05, 4.69) is 31.3 Å². The summed E-state index contributed by atoms with van der Waals surface area (Å²) in [5.41, 5.74) is 0.